The van der Waals surface area contributed by atoms with E-state index in [9.17, 15) is 9.90 Å². The van der Waals surface area contributed by atoms with Gasteiger partial charge in [0.2, 0.25) is 0 Å². The number of nitrogens with one attached hydrogen (secondary N) is 2. The Balaban J connectivity index is 1.91. The van der Waals surface area contributed by atoms with Crippen LogP contribution in [-0.2, 0) is 7.05 Å². The molecule has 170 valence electrons. The first-order chi connectivity index (χ1) is 15.1. The lowest BCUT2D eigenvalue weighted by molar-refractivity contribution is 0.103. The van der Waals surface area contributed by atoms with Gasteiger partial charge in [-0.1, -0.05) is 11.6 Å². The largest absolute Gasteiger partial charge is 0.506 e. The molecule has 0 spiro atoms. The van der Waals surface area contributed by atoms with Crippen molar-refractivity contribution in [3.05, 3.63) is 52.1 Å². The number of nitrogens with zero attached hydrogens (tertiary/aromatic N) is 2. The van der Waals surface area contributed by atoms with E-state index in [1.54, 1.807) is 35.1 Å². The van der Waals surface area contributed by atoms with Crippen LogP contribution in [0.1, 0.15) is 20.3 Å². The van der Waals surface area contributed by atoms with Crippen molar-refractivity contribution in [1.29, 1.82) is 0 Å². The zero-order valence-corrected chi connectivity index (χ0v) is 20.3. The molecule has 0 aliphatic heterocycles. The molecule has 0 fully saturated rings. The molecule has 3 aromatic rings. The number of aromatic nitrogens is 2. The van der Waals surface area contributed by atoms with Gasteiger partial charge in [-0.05, 0) is 73.1 Å². The molecule has 1 heterocycles. The fraction of sp³-hybridized carbons (Fsp3) is 0.273. The number of urea groups is 1. The Hall–Kier alpha value is -2.75. The maximum Gasteiger partial charge on any atom is 0.323 e. The van der Waals surface area contributed by atoms with Gasteiger partial charge in [-0.3, -0.25) is 4.68 Å². The lowest BCUT2D eigenvalue weighted by Gasteiger charge is -2.27. The second-order valence-electron chi connectivity index (χ2n) is 7.82. The number of phenols is 1. The van der Waals surface area contributed by atoms with Gasteiger partial charge in [-0.15, -0.1) is 0 Å². The summed E-state index contributed by atoms with van der Waals surface area (Å²) in [6.07, 6.45) is 2.37. The summed E-state index contributed by atoms with van der Waals surface area (Å²) in [4.78, 5) is 12.5. The zero-order valence-electron chi connectivity index (χ0n) is 17.9. The summed E-state index contributed by atoms with van der Waals surface area (Å²) >= 11 is 9.37. The van der Waals surface area contributed by atoms with Crippen LogP contribution in [-0.4, -0.2) is 33.1 Å². The predicted molar refractivity (Wildman–Crippen MR) is 130 cm³/mol. The van der Waals surface area contributed by atoms with Crippen LogP contribution in [0.2, 0.25) is 5.02 Å². The monoisotopic (exact) mass is 521 g/mol. The SMILES string of the molecule is Cn1ncc(Br)c1-c1cc(NC(=O)Nc2ccc(Cl)cc2O)ccc1OC(C)(C)CCN. The van der Waals surface area contributed by atoms with Crippen molar-refractivity contribution in [2.75, 3.05) is 17.2 Å². The molecule has 0 saturated heterocycles. The number of anilines is 2. The summed E-state index contributed by atoms with van der Waals surface area (Å²) in [6.45, 7) is 4.44. The van der Waals surface area contributed by atoms with Crippen LogP contribution in [0.5, 0.6) is 11.5 Å². The molecule has 0 saturated carbocycles. The molecule has 3 rings (SSSR count). The molecule has 2 amide bonds. The number of carbonyl (C=O) groups excluding carboxylic acids is 1. The maximum atomic E-state index is 12.5. The van der Waals surface area contributed by atoms with Gasteiger partial charge in [0, 0.05) is 29.4 Å². The van der Waals surface area contributed by atoms with E-state index in [1.807, 2.05) is 20.9 Å². The molecule has 5 N–H and O–H groups in total. The van der Waals surface area contributed by atoms with Crippen LogP contribution in [0.15, 0.2) is 47.1 Å². The van der Waals surface area contributed by atoms with Gasteiger partial charge in [0.05, 0.1) is 22.1 Å². The highest BCUT2D eigenvalue weighted by molar-refractivity contribution is 9.10. The van der Waals surface area contributed by atoms with Gasteiger partial charge >= 0.3 is 6.03 Å². The first-order valence-electron chi connectivity index (χ1n) is 9.87. The number of nitrogens with two attached hydrogens (primary N) is 1. The van der Waals surface area contributed by atoms with E-state index in [-0.39, 0.29) is 11.4 Å². The van der Waals surface area contributed by atoms with E-state index < -0.39 is 11.6 Å². The van der Waals surface area contributed by atoms with Crippen LogP contribution in [0, 0.1) is 0 Å². The fourth-order valence-corrected chi connectivity index (χ4v) is 3.92. The highest BCUT2D eigenvalue weighted by Crippen LogP contribution is 2.38. The van der Waals surface area contributed by atoms with E-state index in [2.05, 4.69) is 31.7 Å². The molecule has 2 aromatic carbocycles. The lowest BCUT2D eigenvalue weighted by atomic mass is 10.0. The van der Waals surface area contributed by atoms with Gasteiger partial charge in [0.25, 0.3) is 0 Å². The molecule has 0 aliphatic carbocycles. The number of carbonyl (C=O) groups is 1. The average Bonchev–Trinajstić information content (AvgIpc) is 3.03. The van der Waals surface area contributed by atoms with Crippen LogP contribution in [0.25, 0.3) is 11.3 Å². The number of hydrogen-bond donors (Lipinski definition) is 4. The predicted octanol–water partition coefficient (Wildman–Crippen LogP) is 5.36. The number of ether oxygens (including phenoxy) is 1. The van der Waals surface area contributed by atoms with Crippen LogP contribution in [0.4, 0.5) is 16.2 Å². The standard InChI is InChI=1S/C22H25BrClN5O3/c1-22(2,8-9-25)32-19-7-5-14(11-15(19)20-16(23)12-26-29(20)3)27-21(31)28-17-6-4-13(24)10-18(17)30/h4-7,10-12,30H,8-9,25H2,1-3H3,(H2,27,28,31). The molecule has 0 atom stereocenters. The molecule has 32 heavy (non-hydrogen) atoms. The Morgan fingerprint density at radius 2 is 2.03 bits per heavy atom. The molecule has 0 aliphatic rings. The fourth-order valence-electron chi connectivity index (χ4n) is 3.19. The number of phenolic OH excluding ortho intramolecular Hbond substituents is 1. The number of rotatable bonds is 7. The summed E-state index contributed by atoms with van der Waals surface area (Å²) < 4.78 is 8.78. The number of aromatic hydroxyl groups is 1. The Bertz CT molecular complexity index is 1110. The van der Waals surface area contributed by atoms with Gasteiger partial charge < -0.3 is 26.2 Å². The van der Waals surface area contributed by atoms with Gasteiger partial charge in [-0.25, -0.2) is 4.79 Å². The molecular formula is C22H25BrClN5O3. The Morgan fingerprint density at radius 3 is 2.66 bits per heavy atom. The Labute approximate surface area is 199 Å². The van der Waals surface area contributed by atoms with Crippen molar-refractivity contribution in [3.8, 4) is 22.8 Å². The minimum absolute atomic E-state index is 0.127. The van der Waals surface area contributed by atoms with E-state index >= 15 is 0 Å². The van der Waals surface area contributed by atoms with Crippen LogP contribution in [0.3, 0.4) is 0 Å². The topological polar surface area (TPSA) is 114 Å². The number of aryl methyl sites for hydroxylation is 1. The van der Waals surface area contributed by atoms with E-state index in [4.69, 9.17) is 22.1 Å². The first kappa shape index (κ1) is 23.9. The molecule has 0 bridgehead atoms. The second kappa shape index (κ2) is 9.81. The maximum absolute atomic E-state index is 12.5. The van der Waals surface area contributed by atoms with Crippen molar-refractivity contribution in [3.63, 3.8) is 0 Å². The lowest BCUT2D eigenvalue weighted by Crippen LogP contribution is -2.31. The molecular weight excluding hydrogens is 498 g/mol. The van der Waals surface area contributed by atoms with E-state index in [0.29, 0.717) is 29.4 Å². The third kappa shape index (κ3) is 5.73. The third-order valence-corrected chi connectivity index (χ3v) is 5.54. The smallest absolute Gasteiger partial charge is 0.323 e. The van der Waals surface area contributed by atoms with Crippen LogP contribution >= 0.6 is 27.5 Å². The van der Waals surface area contributed by atoms with Gasteiger partial charge in [0.1, 0.15) is 17.1 Å². The summed E-state index contributed by atoms with van der Waals surface area (Å²) in [5.74, 6) is 0.507. The minimum Gasteiger partial charge on any atom is -0.506 e. The molecule has 10 heteroatoms. The zero-order chi connectivity index (χ0) is 23.5. The summed E-state index contributed by atoms with van der Waals surface area (Å²) in [7, 11) is 1.82. The Kier molecular flexibility index (Phi) is 7.33. The van der Waals surface area contributed by atoms with Gasteiger partial charge in [0.15, 0.2) is 0 Å². The number of benzene rings is 2. The third-order valence-electron chi connectivity index (χ3n) is 4.73. The van der Waals surface area contributed by atoms with Crippen molar-refractivity contribution in [1.82, 2.24) is 9.78 Å². The van der Waals surface area contributed by atoms with Crippen LogP contribution < -0.4 is 21.1 Å². The summed E-state index contributed by atoms with van der Waals surface area (Å²) in [6, 6.07) is 9.26. The molecule has 0 radical (unpaired) electrons. The van der Waals surface area contributed by atoms with Gasteiger partial charge in [-0.2, -0.15) is 5.10 Å². The van der Waals surface area contributed by atoms with E-state index in [0.717, 1.165) is 15.7 Å². The number of halogens is 2. The summed E-state index contributed by atoms with van der Waals surface area (Å²) in [5, 5.41) is 20.0. The van der Waals surface area contributed by atoms with Crippen molar-refractivity contribution in [2.45, 2.75) is 25.9 Å². The molecule has 8 nitrogen and oxygen atoms in total. The normalized spacial score (nSPS) is 11.3. The number of hydrogen-bond acceptors (Lipinski definition) is 5. The second-order valence-corrected chi connectivity index (χ2v) is 9.11. The average molecular weight is 523 g/mol. The van der Waals surface area contributed by atoms with Crippen molar-refractivity contribution >= 4 is 44.9 Å². The molecule has 1 aromatic heterocycles. The first-order valence-corrected chi connectivity index (χ1v) is 11.0. The quantitative estimate of drug-likeness (QED) is 0.312. The molecule has 0 unspecified atom stereocenters. The minimum atomic E-state index is -0.519. The highest BCUT2D eigenvalue weighted by atomic mass is 79.9. The highest BCUT2D eigenvalue weighted by Gasteiger charge is 2.23. The van der Waals surface area contributed by atoms with E-state index in [1.165, 1.54) is 12.1 Å². The summed E-state index contributed by atoms with van der Waals surface area (Å²) in [5.41, 5.74) is 7.56. The van der Waals surface area contributed by atoms with Crippen molar-refractivity contribution in [2.24, 2.45) is 12.8 Å². The number of amides is 2. The van der Waals surface area contributed by atoms with Crippen molar-refractivity contribution < 1.29 is 14.6 Å². The Morgan fingerprint density at radius 1 is 1.28 bits per heavy atom.